The first kappa shape index (κ1) is 18.3. The first-order valence-corrected chi connectivity index (χ1v) is 9.19. The molecule has 1 aliphatic rings. The molecule has 0 atom stereocenters. The van der Waals surface area contributed by atoms with Crippen LogP contribution in [0.3, 0.4) is 0 Å². The minimum absolute atomic E-state index is 0.0574. The molecule has 0 saturated heterocycles. The molecule has 1 amide bonds. The molecule has 142 valence electrons. The fourth-order valence-electron chi connectivity index (χ4n) is 3.73. The molecular weight excluding hydrogens is 358 g/mol. The number of primary amides is 1. The number of fused-ring (bicyclic) bond motifs is 1. The van der Waals surface area contributed by atoms with E-state index in [2.05, 4.69) is 17.4 Å². The van der Waals surface area contributed by atoms with Crippen LogP contribution in [0, 0.1) is 11.6 Å². The van der Waals surface area contributed by atoms with Gasteiger partial charge in [-0.3, -0.25) is 4.79 Å². The molecule has 0 aliphatic heterocycles. The van der Waals surface area contributed by atoms with Crippen LogP contribution >= 0.6 is 0 Å². The van der Waals surface area contributed by atoms with Gasteiger partial charge in [-0.1, -0.05) is 36.4 Å². The largest absolute Gasteiger partial charge is 0.366 e. The second kappa shape index (κ2) is 7.52. The highest BCUT2D eigenvalue weighted by Gasteiger charge is 2.20. The molecule has 0 aromatic heterocycles. The topological polar surface area (TPSA) is 55.1 Å². The number of hydrogen-bond donors (Lipinski definition) is 2. The molecule has 5 heteroatoms. The van der Waals surface area contributed by atoms with Gasteiger partial charge in [0.25, 0.3) is 0 Å². The molecular formula is C23H20F2N2O. The lowest BCUT2D eigenvalue weighted by atomic mass is 10.0. The number of carbonyl (C=O) groups excluding carboxylic acids is 1. The number of nitrogens with two attached hydrogens (primary N) is 1. The highest BCUT2D eigenvalue weighted by molar-refractivity contribution is 5.94. The summed E-state index contributed by atoms with van der Waals surface area (Å²) >= 11 is 0. The quantitative estimate of drug-likeness (QED) is 0.705. The van der Waals surface area contributed by atoms with E-state index in [1.165, 1.54) is 29.3 Å². The van der Waals surface area contributed by atoms with Crippen molar-refractivity contribution in [3.8, 4) is 11.1 Å². The Kier molecular flexibility index (Phi) is 4.92. The lowest BCUT2D eigenvalue weighted by Crippen LogP contribution is -2.29. The standard InChI is InChI=1S/C23H20F2N2O/c24-20-8-18(7-19(9-20)23(26)28)16-5-6-17(22(25)12-16)13-27-21-10-14-3-1-2-4-15(14)11-21/h1-9,12,21,27H,10-11,13H2,(H2,26,28). The van der Waals surface area contributed by atoms with Crippen LogP contribution in [0.4, 0.5) is 8.78 Å². The monoisotopic (exact) mass is 378 g/mol. The summed E-state index contributed by atoms with van der Waals surface area (Å²) in [5.41, 5.74) is 9.42. The van der Waals surface area contributed by atoms with Gasteiger partial charge >= 0.3 is 0 Å². The van der Waals surface area contributed by atoms with Gasteiger partial charge in [0.1, 0.15) is 11.6 Å². The molecule has 28 heavy (non-hydrogen) atoms. The van der Waals surface area contributed by atoms with Crippen molar-refractivity contribution in [2.75, 3.05) is 0 Å². The van der Waals surface area contributed by atoms with Crippen molar-refractivity contribution in [1.82, 2.24) is 5.32 Å². The average Bonchev–Trinajstić information content (AvgIpc) is 3.09. The van der Waals surface area contributed by atoms with Crippen molar-refractivity contribution in [2.45, 2.75) is 25.4 Å². The molecule has 0 unspecified atom stereocenters. The van der Waals surface area contributed by atoms with E-state index in [9.17, 15) is 13.6 Å². The Labute approximate surface area is 162 Å². The van der Waals surface area contributed by atoms with Gasteiger partial charge in [0.2, 0.25) is 5.91 Å². The number of carbonyl (C=O) groups is 1. The maximum atomic E-state index is 14.6. The molecule has 0 fully saturated rings. The highest BCUT2D eigenvalue weighted by Crippen LogP contribution is 2.25. The molecule has 0 heterocycles. The normalized spacial score (nSPS) is 13.5. The van der Waals surface area contributed by atoms with Crippen LogP contribution < -0.4 is 11.1 Å². The molecule has 3 aromatic carbocycles. The van der Waals surface area contributed by atoms with Crippen molar-refractivity contribution >= 4 is 5.91 Å². The van der Waals surface area contributed by atoms with Crippen molar-refractivity contribution in [1.29, 1.82) is 0 Å². The summed E-state index contributed by atoms with van der Waals surface area (Å²) in [5, 5.41) is 3.42. The van der Waals surface area contributed by atoms with Crippen LogP contribution in [0.15, 0.2) is 60.7 Å². The Bertz CT molecular complexity index is 1020. The van der Waals surface area contributed by atoms with E-state index >= 15 is 0 Å². The SMILES string of the molecule is NC(=O)c1cc(F)cc(-c2ccc(CNC3Cc4ccccc4C3)c(F)c2)c1. The Hall–Kier alpha value is -3.05. The molecule has 3 nitrogen and oxygen atoms in total. The van der Waals surface area contributed by atoms with Crippen molar-refractivity contribution in [2.24, 2.45) is 5.73 Å². The third kappa shape index (κ3) is 3.80. The number of amides is 1. The van der Waals surface area contributed by atoms with E-state index < -0.39 is 11.7 Å². The van der Waals surface area contributed by atoms with E-state index in [1.807, 2.05) is 12.1 Å². The molecule has 4 rings (SSSR count). The van der Waals surface area contributed by atoms with Gasteiger partial charge in [0, 0.05) is 23.7 Å². The van der Waals surface area contributed by atoms with E-state index in [0.717, 1.165) is 18.9 Å². The Morgan fingerprint density at radius 2 is 1.68 bits per heavy atom. The first-order chi connectivity index (χ1) is 13.5. The fraction of sp³-hybridized carbons (Fsp3) is 0.174. The minimum atomic E-state index is -0.723. The lowest BCUT2D eigenvalue weighted by molar-refractivity contribution is 0.1000. The van der Waals surface area contributed by atoms with Gasteiger partial charge in [-0.15, -0.1) is 0 Å². The molecule has 0 radical (unpaired) electrons. The Balaban J connectivity index is 1.48. The Morgan fingerprint density at radius 1 is 0.964 bits per heavy atom. The van der Waals surface area contributed by atoms with E-state index in [0.29, 0.717) is 23.2 Å². The van der Waals surface area contributed by atoms with E-state index in [4.69, 9.17) is 5.73 Å². The number of nitrogens with one attached hydrogen (secondary N) is 1. The minimum Gasteiger partial charge on any atom is -0.366 e. The fourth-order valence-corrected chi connectivity index (χ4v) is 3.73. The van der Waals surface area contributed by atoms with E-state index in [-0.39, 0.29) is 17.4 Å². The predicted molar refractivity (Wildman–Crippen MR) is 105 cm³/mol. The second-order valence-corrected chi connectivity index (χ2v) is 7.15. The second-order valence-electron chi connectivity index (χ2n) is 7.15. The summed E-state index contributed by atoms with van der Waals surface area (Å²) in [6.07, 6.45) is 1.88. The third-order valence-corrected chi connectivity index (χ3v) is 5.20. The zero-order valence-electron chi connectivity index (χ0n) is 15.2. The summed E-state index contributed by atoms with van der Waals surface area (Å²) in [5.74, 6) is -1.68. The number of benzene rings is 3. The third-order valence-electron chi connectivity index (χ3n) is 5.20. The summed E-state index contributed by atoms with van der Waals surface area (Å²) in [7, 11) is 0. The molecule has 0 bridgehead atoms. The maximum Gasteiger partial charge on any atom is 0.248 e. The van der Waals surface area contributed by atoms with Crippen molar-refractivity contribution in [3.05, 3.63) is 94.6 Å². The number of rotatable bonds is 5. The van der Waals surface area contributed by atoms with Gasteiger partial charge in [-0.25, -0.2) is 8.78 Å². The summed E-state index contributed by atoms with van der Waals surface area (Å²) in [6.45, 7) is 0.417. The van der Waals surface area contributed by atoms with Gasteiger partial charge < -0.3 is 11.1 Å². The summed E-state index contributed by atoms with van der Waals surface area (Å²) in [6, 6.07) is 17.2. The van der Waals surface area contributed by atoms with Crippen LogP contribution in [-0.2, 0) is 19.4 Å². The summed E-state index contributed by atoms with van der Waals surface area (Å²) in [4.78, 5) is 11.3. The lowest BCUT2D eigenvalue weighted by Gasteiger charge is -2.13. The first-order valence-electron chi connectivity index (χ1n) is 9.19. The summed E-state index contributed by atoms with van der Waals surface area (Å²) < 4.78 is 28.4. The van der Waals surface area contributed by atoms with Gasteiger partial charge in [-0.2, -0.15) is 0 Å². The molecule has 3 aromatic rings. The van der Waals surface area contributed by atoms with E-state index in [1.54, 1.807) is 12.1 Å². The maximum absolute atomic E-state index is 14.6. The van der Waals surface area contributed by atoms with Gasteiger partial charge in [0.15, 0.2) is 0 Å². The molecule has 0 saturated carbocycles. The zero-order chi connectivity index (χ0) is 19.7. The smallest absolute Gasteiger partial charge is 0.248 e. The molecule has 3 N–H and O–H groups in total. The van der Waals surface area contributed by atoms with Gasteiger partial charge in [-0.05, 0) is 59.4 Å². The highest BCUT2D eigenvalue weighted by atomic mass is 19.1. The van der Waals surface area contributed by atoms with Crippen molar-refractivity contribution < 1.29 is 13.6 Å². The predicted octanol–water partition coefficient (Wildman–Crippen LogP) is 3.99. The van der Waals surface area contributed by atoms with Crippen molar-refractivity contribution in [3.63, 3.8) is 0 Å². The van der Waals surface area contributed by atoms with Crippen LogP contribution in [0.5, 0.6) is 0 Å². The molecule has 1 aliphatic carbocycles. The molecule has 0 spiro atoms. The number of halogens is 2. The van der Waals surface area contributed by atoms with Crippen LogP contribution in [-0.4, -0.2) is 11.9 Å². The average molecular weight is 378 g/mol. The zero-order valence-corrected chi connectivity index (χ0v) is 15.2. The van der Waals surface area contributed by atoms with Crippen LogP contribution in [0.2, 0.25) is 0 Å². The van der Waals surface area contributed by atoms with Crippen LogP contribution in [0.25, 0.3) is 11.1 Å². The van der Waals surface area contributed by atoms with Gasteiger partial charge in [0.05, 0.1) is 0 Å². The Morgan fingerprint density at radius 3 is 2.32 bits per heavy atom. The number of hydrogen-bond acceptors (Lipinski definition) is 2. The van der Waals surface area contributed by atoms with Crippen LogP contribution in [0.1, 0.15) is 27.0 Å².